The largest absolute Gasteiger partial charge is 0.506 e. The summed E-state index contributed by atoms with van der Waals surface area (Å²) < 4.78 is 0.757. The number of rotatable bonds is 8. The van der Waals surface area contributed by atoms with Crippen LogP contribution in [0.1, 0.15) is 38.3 Å². The first-order valence-electron chi connectivity index (χ1n) is 7.49. The van der Waals surface area contributed by atoms with Crippen LogP contribution in [0.2, 0.25) is 0 Å². The minimum atomic E-state index is 0.0642. The van der Waals surface area contributed by atoms with Gasteiger partial charge in [-0.3, -0.25) is 0 Å². The lowest BCUT2D eigenvalue weighted by atomic mass is 9.86. The van der Waals surface area contributed by atoms with Gasteiger partial charge in [-0.2, -0.15) is 0 Å². The highest BCUT2D eigenvalue weighted by atomic mass is 79.9. The molecule has 0 unspecified atom stereocenters. The average molecular weight is 358 g/mol. The lowest BCUT2D eigenvalue weighted by Gasteiger charge is -2.21. The van der Waals surface area contributed by atoms with Gasteiger partial charge in [0.15, 0.2) is 0 Å². The number of hydrogen-bond donors (Lipinski definition) is 4. The van der Waals surface area contributed by atoms with Gasteiger partial charge in [-0.25, -0.2) is 0 Å². The van der Waals surface area contributed by atoms with Gasteiger partial charge in [-0.15, -0.1) is 0 Å². The third-order valence-electron chi connectivity index (χ3n) is 3.36. The number of hydrogen-bond acceptors (Lipinski definition) is 4. The Morgan fingerprint density at radius 3 is 2.43 bits per heavy atom. The Morgan fingerprint density at radius 2 is 1.81 bits per heavy atom. The minimum Gasteiger partial charge on any atom is -0.506 e. The molecule has 0 aliphatic carbocycles. The van der Waals surface area contributed by atoms with Crippen molar-refractivity contribution in [2.24, 2.45) is 5.73 Å². The fourth-order valence-electron chi connectivity index (χ4n) is 1.98. The summed E-state index contributed by atoms with van der Waals surface area (Å²) in [6.45, 7) is 10.6. The normalized spacial score (nSPS) is 11.9. The lowest BCUT2D eigenvalue weighted by molar-refractivity contribution is 0.459. The van der Waals surface area contributed by atoms with Gasteiger partial charge in [-0.05, 0) is 52.5 Å². The van der Waals surface area contributed by atoms with Gasteiger partial charge < -0.3 is 21.5 Å². The Morgan fingerprint density at radius 1 is 1.14 bits per heavy atom. The van der Waals surface area contributed by atoms with E-state index < -0.39 is 0 Å². The highest BCUT2D eigenvalue weighted by Gasteiger charge is 2.17. The van der Waals surface area contributed by atoms with Crippen LogP contribution < -0.4 is 16.4 Å². The van der Waals surface area contributed by atoms with Crippen LogP contribution in [0.15, 0.2) is 16.6 Å². The molecule has 0 radical (unpaired) electrons. The summed E-state index contributed by atoms with van der Waals surface area (Å²) in [6, 6.07) is 4.07. The number of benzene rings is 1. The molecule has 0 spiro atoms. The van der Waals surface area contributed by atoms with Crippen molar-refractivity contribution in [2.75, 3.05) is 26.2 Å². The summed E-state index contributed by atoms with van der Waals surface area (Å²) in [5.41, 5.74) is 7.64. The molecule has 1 rings (SSSR count). The first-order chi connectivity index (χ1) is 9.86. The molecule has 5 N–H and O–H groups in total. The Bertz CT molecular complexity index is 444. The second kappa shape index (κ2) is 8.73. The molecule has 0 aliphatic rings. The van der Waals surface area contributed by atoms with Gasteiger partial charge in [0.1, 0.15) is 5.75 Å². The predicted octanol–water partition coefficient (Wildman–Crippen LogP) is 2.48. The van der Waals surface area contributed by atoms with Crippen molar-refractivity contribution >= 4 is 15.9 Å². The number of nitrogens with one attached hydrogen (secondary N) is 2. The van der Waals surface area contributed by atoms with Crippen molar-refractivity contribution in [2.45, 2.75) is 39.2 Å². The molecule has 0 atom stereocenters. The second-order valence-corrected chi connectivity index (χ2v) is 7.14. The van der Waals surface area contributed by atoms with Crippen LogP contribution in [0.5, 0.6) is 5.75 Å². The van der Waals surface area contributed by atoms with Crippen molar-refractivity contribution in [3.05, 3.63) is 27.7 Å². The summed E-state index contributed by atoms with van der Waals surface area (Å²) in [4.78, 5) is 0. The van der Waals surface area contributed by atoms with Gasteiger partial charge >= 0.3 is 0 Å². The number of phenolic OH excluding ortho intramolecular Hbond substituents is 1. The van der Waals surface area contributed by atoms with E-state index in [9.17, 15) is 5.11 Å². The third kappa shape index (κ3) is 6.34. The van der Waals surface area contributed by atoms with E-state index in [0.29, 0.717) is 12.3 Å². The van der Waals surface area contributed by atoms with E-state index in [4.69, 9.17) is 5.73 Å². The minimum absolute atomic E-state index is 0.0642. The summed E-state index contributed by atoms with van der Waals surface area (Å²) in [5, 5.41) is 16.8. The summed E-state index contributed by atoms with van der Waals surface area (Å²) in [7, 11) is 0. The summed E-state index contributed by atoms with van der Waals surface area (Å²) >= 11 is 3.44. The van der Waals surface area contributed by atoms with Gasteiger partial charge in [-0.1, -0.05) is 26.8 Å². The standard InChI is InChI=1S/C16H28BrN3O/c1-16(2,3)13-9-12(15(21)14(17)10-13)11-20-8-7-19-6-4-5-18/h9-10,19-21H,4-8,11,18H2,1-3H3. The maximum absolute atomic E-state index is 10.1. The molecule has 0 heterocycles. The van der Waals surface area contributed by atoms with E-state index in [-0.39, 0.29) is 5.41 Å². The Hall–Kier alpha value is -0.620. The van der Waals surface area contributed by atoms with Gasteiger partial charge in [0, 0.05) is 25.2 Å². The maximum Gasteiger partial charge on any atom is 0.134 e. The second-order valence-electron chi connectivity index (χ2n) is 6.28. The van der Waals surface area contributed by atoms with E-state index in [1.165, 1.54) is 5.56 Å². The monoisotopic (exact) mass is 357 g/mol. The predicted molar refractivity (Wildman–Crippen MR) is 92.8 cm³/mol. The smallest absolute Gasteiger partial charge is 0.134 e. The van der Waals surface area contributed by atoms with Crippen LogP contribution in [-0.2, 0) is 12.0 Å². The molecule has 1 aromatic rings. The van der Waals surface area contributed by atoms with E-state index in [0.717, 1.165) is 42.6 Å². The zero-order valence-corrected chi connectivity index (χ0v) is 14.9. The van der Waals surface area contributed by atoms with Crippen molar-refractivity contribution < 1.29 is 5.11 Å². The molecule has 0 saturated carbocycles. The van der Waals surface area contributed by atoms with Crippen LogP contribution in [0.25, 0.3) is 0 Å². The Balaban J connectivity index is 2.53. The molecule has 4 nitrogen and oxygen atoms in total. The van der Waals surface area contributed by atoms with Crippen molar-refractivity contribution in [1.29, 1.82) is 0 Å². The van der Waals surface area contributed by atoms with E-state index in [1.54, 1.807) is 0 Å². The molecule has 120 valence electrons. The lowest BCUT2D eigenvalue weighted by Crippen LogP contribution is -2.28. The Labute approximate surface area is 136 Å². The number of halogens is 1. The zero-order valence-electron chi connectivity index (χ0n) is 13.3. The van der Waals surface area contributed by atoms with E-state index in [1.807, 2.05) is 6.07 Å². The van der Waals surface area contributed by atoms with Gasteiger partial charge in [0.05, 0.1) is 4.47 Å². The van der Waals surface area contributed by atoms with Crippen LogP contribution >= 0.6 is 15.9 Å². The molecule has 0 aromatic heterocycles. The fourth-order valence-corrected chi connectivity index (χ4v) is 2.48. The van der Waals surface area contributed by atoms with Crippen molar-refractivity contribution in [3.63, 3.8) is 0 Å². The van der Waals surface area contributed by atoms with Crippen LogP contribution in [0.3, 0.4) is 0 Å². The number of aromatic hydroxyl groups is 1. The molecular formula is C16H28BrN3O. The molecule has 1 aromatic carbocycles. The molecule has 0 saturated heterocycles. The van der Waals surface area contributed by atoms with Crippen molar-refractivity contribution in [1.82, 2.24) is 10.6 Å². The first kappa shape index (κ1) is 18.4. The van der Waals surface area contributed by atoms with Gasteiger partial charge in [0.25, 0.3) is 0 Å². The highest BCUT2D eigenvalue weighted by molar-refractivity contribution is 9.10. The number of phenols is 1. The fraction of sp³-hybridized carbons (Fsp3) is 0.625. The van der Waals surface area contributed by atoms with E-state index in [2.05, 4.69) is 53.4 Å². The molecule has 21 heavy (non-hydrogen) atoms. The molecule has 0 amide bonds. The quantitative estimate of drug-likeness (QED) is 0.539. The summed E-state index contributed by atoms with van der Waals surface area (Å²) in [5.74, 6) is 0.326. The van der Waals surface area contributed by atoms with E-state index >= 15 is 0 Å². The first-order valence-corrected chi connectivity index (χ1v) is 8.29. The van der Waals surface area contributed by atoms with Crippen molar-refractivity contribution in [3.8, 4) is 5.75 Å². The van der Waals surface area contributed by atoms with Crippen LogP contribution in [-0.4, -0.2) is 31.3 Å². The SMILES string of the molecule is CC(C)(C)c1cc(Br)c(O)c(CNCCNCCCN)c1. The average Bonchev–Trinajstić information content (AvgIpc) is 2.41. The van der Waals surface area contributed by atoms with Gasteiger partial charge in [0.2, 0.25) is 0 Å². The Kier molecular flexibility index (Phi) is 7.66. The highest BCUT2D eigenvalue weighted by Crippen LogP contribution is 2.34. The zero-order chi connectivity index (χ0) is 15.9. The topological polar surface area (TPSA) is 70.3 Å². The molecule has 0 bridgehead atoms. The van der Waals surface area contributed by atoms with Crippen LogP contribution in [0, 0.1) is 0 Å². The molecule has 0 fully saturated rings. The molecular weight excluding hydrogens is 330 g/mol. The summed E-state index contributed by atoms with van der Waals surface area (Å²) in [6.07, 6.45) is 1.00. The molecule has 0 aliphatic heterocycles. The van der Waals surface area contributed by atoms with Crippen LogP contribution in [0.4, 0.5) is 0 Å². The number of nitrogens with two attached hydrogens (primary N) is 1. The maximum atomic E-state index is 10.1. The molecule has 5 heteroatoms. The third-order valence-corrected chi connectivity index (χ3v) is 3.96.